The van der Waals surface area contributed by atoms with Crippen molar-refractivity contribution in [1.82, 2.24) is 4.98 Å². The summed E-state index contributed by atoms with van der Waals surface area (Å²) in [6, 6.07) is 3.02. The number of hydrogen-bond acceptors (Lipinski definition) is 4. The van der Waals surface area contributed by atoms with Crippen molar-refractivity contribution in [3.05, 3.63) is 57.9 Å². The summed E-state index contributed by atoms with van der Waals surface area (Å²) in [5.74, 6) is -0.0312. The van der Waals surface area contributed by atoms with Gasteiger partial charge in [0.2, 0.25) is 0 Å². The number of ether oxygens (including phenoxy) is 2. The largest absolute Gasteiger partial charge is 0.388 e. The van der Waals surface area contributed by atoms with Gasteiger partial charge in [-0.25, -0.2) is 0 Å². The van der Waals surface area contributed by atoms with Crippen molar-refractivity contribution in [2.45, 2.75) is 82.0 Å². The van der Waals surface area contributed by atoms with Crippen LogP contribution < -0.4 is 0 Å². The van der Waals surface area contributed by atoms with Gasteiger partial charge in [-0.1, -0.05) is 59.3 Å². The van der Waals surface area contributed by atoms with Gasteiger partial charge in [-0.2, -0.15) is 0 Å². The second-order valence-electron chi connectivity index (χ2n) is 11.5. The summed E-state index contributed by atoms with van der Waals surface area (Å²) in [6.45, 7) is 9.03. The van der Waals surface area contributed by atoms with E-state index in [0.29, 0.717) is 56.6 Å². The molecule has 4 nitrogen and oxygen atoms in total. The molecule has 2 aliphatic heterocycles. The topological polar surface area (TPSA) is 51.6 Å². The molecule has 0 amide bonds. The molecule has 1 N–H and O–H groups in total. The maximum atomic E-state index is 13.4. The Labute approximate surface area is 207 Å². The molecule has 10 heteroatoms. The van der Waals surface area contributed by atoms with Crippen LogP contribution in [0.15, 0.2) is 29.2 Å². The number of pyridine rings is 1. The Kier molecular flexibility index (Phi) is 5.34. The van der Waals surface area contributed by atoms with Gasteiger partial charge in [-0.15, -0.1) is 0 Å². The summed E-state index contributed by atoms with van der Waals surface area (Å²) in [6.07, 6.45) is 0.716. The van der Waals surface area contributed by atoms with E-state index in [1.54, 1.807) is 0 Å². The van der Waals surface area contributed by atoms with Crippen molar-refractivity contribution >= 4 is 10.2 Å². The van der Waals surface area contributed by atoms with Crippen LogP contribution in [-0.4, -0.2) is 23.3 Å². The van der Waals surface area contributed by atoms with Crippen LogP contribution in [0.4, 0.5) is 19.4 Å². The number of halogens is 5. The van der Waals surface area contributed by atoms with Crippen LogP contribution >= 0.6 is 10.2 Å². The minimum absolute atomic E-state index is 0.0312. The highest BCUT2D eigenvalue weighted by molar-refractivity contribution is 8.45. The van der Waals surface area contributed by atoms with E-state index in [2.05, 4.69) is 13.8 Å². The zero-order chi connectivity index (χ0) is 26.4. The highest BCUT2D eigenvalue weighted by atomic mass is 32.5. The lowest BCUT2D eigenvalue weighted by atomic mass is 9.70. The number of aliphatic hydroxyl groups is 1. The van der Waals surface area contributed by atoms with E-state index in [0.717, 1.165) is 40.2 Å². The smallest absolute Gasteiger partial charge is 0.310 e. The summed E-state index contributed by atoms with van der Waals surface area (Å²) < 4.78 is 79.1. The number of hydrogen-bond donors (Lipinski definition) is 1. The van der Waals surface area contributed by atoms with E-state index in [9.17, 15) is 24.5 Å². The summed E-state index contributed by atoms with van der Waals surface area (Å²) >= 11 is 0. The van der Waals surface area contributed by atoms with Crippen molar-refractivity contribution in [1.29, 1.82) is 0 Å². The minimum atomic E-state index is -9.80. The lowest BCUT2D eigenvalue weighted by Crippen LogP contribution is -2.37. The Morgan fingerprint density at radius 2 is 1.61 bits per heavy atom. The molecule has 1 saturated heterocycles. The van der Waals surface area contributed by atoms with E-state index in [-0.39, 0.29) is 11.3 Å². The SMILES string of the molecule is CC(C)c1nc2c(c3c1[C@@H](c1ccc(S(F)(F)(F)(F)F)cc1)OC31CCOCC1)C(O)CC(C)(C)C2. The zero-order valence-electron chi connectivity index (χ0n) is 20.8. The van der Waals surface area contributed by atoms with Gasteiger partial charge in [-0.05, 0) is 47.4 Å². The van der Waals surface area contributed by atoms with Crippen molar-refractivity contribution in [3.63, 3.8) is 0 Å². The molecule has 1 fully saturated rings. The van der Waals surface area contributed by atoms with Crippen molar-refractivity contribution in [3.8, 4) is 0 Å². The Hall–Kier alpha value is -1.75. The average Bonchev–Trinajstić information content (AvgIpc) is 3.05. The van der Waals surface area contributed by atoms with Gasteiger partial charge in [0.05, 0.1) is 11.7 Å². The van der Waals surface area contributed by atoms with Crippen molar-refractivity contribution in [2.24, 2.45) is 5.41 Å². The first-order valence-electron chi connectivity index (χ1n) is 12.3. The van der Waals surface area contributed by atoms with Crippen LogP contribution in [0.25, 0.3) is 0 Å². The molecule has 0 bridgehead atoms. The van der Waals surface area contributed by atoms with Gasteiger partial charge in [0.25, 0.3) is 0 Å². The molecule has 3 heterocycles. The number of fused-ring (bicyclic) bond motifs is 4. The fourth-order valence-electron chi connectivity index (χ4n) is 6.07. The third-order valence-corrected chi connectivity index (χ3v) is 8.81. The van der Waals surface area contributed by atoms with E-state index >= 15 is 0 Å². The van der Waals surface area contributed by atoms with Crippen LogP contribution in [0.3, 0.4) is 0 Å². The summed E-state index contributed by atoms with van der Waals surface area (Å²) in [5, 5.41) is 11.3. The molecule has 5 rings (SSSR count). The molecule has 1 spiro atoms. The maximum absolute atomic E-state index is 13.4. The van der Waals surface area contributed by atoms with Gasteiger partial charge in [0.1, 0.15) is 11.0 Å². The quantitative estimate of drug-likeness (QED) is 0.406. The molecule has 1 unspecified atom stereocenters. The van der Waals surface area contributed by atoms with E-state index in [1.807, 2.05) is 13.8 Å². The lowest BCUT2D eigenvalue weighted by molar-refractivity contribution is -0.122. The van der Waals surface area contributed by atoms with Gasteiger partial charge in [0, 0.05) is 48.6 Å². The molecule has 1 aromatic heterocycles. The number of benzene rings is 1. The molecule has 1 aromatic carbocycles. The fourth-order valence-corrected chi connectivity index (χ4v) is 6.72. The highest BCUT2D eigenvalue weighted by Gasteiger charge is 2.65. The number of aromatic nitrogens is 1. The molecule has 1 aliphatic carbocycles. The normalized spacial score (nSPS) is 26.9. The number of nitrogens with zero attached hydrogens (tertiary/aromatic N) is 1. The minimum Gasteiger partial charge on any atom is -0.388 e. The number of aliphatic hydroxyl groups excluding tert-OH is 1. The molecule has 2 aromatic rings. The number of rotatable bonds is 3. The van der Waals surface area contributed by atoms with Crippen LogP contribution in [0.5, 0.6) is 0 Å². The van der Waals surface area contributed by atoms with Crippen LogP contribution in [-0.2, 0) is 21.5 Å². The first-order valence-corrected chi connectivity index (χ1v) is 14.2. The Bertz CT molecular complexity index is 1210. The third-order valence-electron chi connectivity index (χ3n) is 7.64. The fraction of sp³-hybridized carbons (Fsp3) is 0.577. The Morgan fingerprint density at radius 3 is 2.17 bits per heavy atom. The standard InChI is InChI=1S/C26H32F5NO3S/c1-15(2)23-21-22(20-18(32-23)13-25(3,4)14-19(20)33)26(9-11-34-12-10-26)35-24(21)16-5-7-17(8-6-16)36(27,28,29,30)31/h5-8,15,19,24,33H,9-14H2,1-4H3/t19?,24-/m1/s1. The van der Waals surface area contributed by atoms with Crippen molar-refractivity contribution in [2.75, 3.05) is 13.2 Å². The van der Waals surface area contributed by atoms with Crippen LogP contribution in [0, 0.1) is 5.41 Å². The monoisotopic (exact) mass is 533 g/mol. The molecule has 2 atom stereocenters. The second kappa shape index (κ2) is 7.42. The van der Waals surface area contributed by atoms with Crippen molar-refractivity contribution < 1.29 is 34.0 Å². The molecular weight excluding hydrogens is 501 g/mol. The third kappa shape index (κ3) is 4.33. The second-order valence-corrected chi connectivity index (χ2v) is 13.9. The first-order chi connectivity index (χ1) is 16.4. The molecule has 0 saturated carbocycles. The average molecular weight is 534 g/mol. The van der Waals surface area contributed by atoms with Gasteiger partial charge in [0.15, 0.2) is 0 Å². The predicted octanol–water partition coefficient (Wildman–Crippen LogP) is 7.99. The van der Waals surface area contributed by atoms with Gasteiger partial charge < -0.3 is 14.6 Å². The van der Waals surface area contributed by atoms with E-state index < -0.39 is 32.9 Å². The van der Waals surface area contributed by atoms with Gasteiger partial charge in [-0.3, -0.25) is 4.98 Å². The van der Waals surface area contributed by atoms with E-state index in [4.69, 9.17) is 14.5 Å². The van der Waals surface area contributed by atoms with E-state index in [1.165, 1.54) is 0 Å². The summed E-state index contributed by atoms with van der Waals surface area (Å²) in [7, 11) is -9.80. The Morgan fingerprint density at radius 1 is 1.00 bits per heavy atom. The van der Waals surface area contributed by atoms with Crippen LogP contribution in [0.1, 0.15) is 98.7 Å². The predicted molar refractivity (Wildman–Crippen MR) is 128 cm³/mol. The zero-order valence-corrected chi connectivity index (χ0v) is 21.6. The summed E-state index contributed by atoms with van der Waals surface area (Å²) in [5.41, 5.74) is 3.35. The molecule has 200 valence electrons. The molecule has 3 aliphatic rings. The lowest BCUT2D eigenvalue weighted by Gasteiger charge is -2.40. The molecule has 36 heavy (non-hydrogen) atoms. The van der Waals surface area contributed by atoms with Crippen LogP contribution in [0.2, 0.25) is 0 Å². The summed E-state index contributed by atoms with van der Waals surface area (Å²) in [4.78, 5) is 3.07. The molecule has 0 radical (unpaired) electrons. The highest BCUT2D eigenvalue weighted by Crippen LogP contribution is 3.02. The Balaban J connectivity index is 1.73. The molecular formula is C26H32F5NO3S. The van der Waals surface area contributed by atoms with Gasteiger partial charge >= 0.3 is 10.2 Å². The maximum Gasteiger partial charge on any atom is 0.310 e. The first kappa shape index (κ1) is 25.9.